The molecule has 4 aromatic heterocycles. The lowest BCUT2D eigenvalue weighted by Gasteiger charge is -2.28. The summed E-state index contributed by atoms with van der Waals surface area (Å²) in [6, 6.07) is 13.2. The van der Waals surface area contributed by atoms with Gasteiger partial charge in [-0.3, -0.25) is 25.1 Å². The summed E-state index contributed by atoms with van der Waals surface area (Å²) in [6.07, 6.45) is 7.89. The van der Waals surface area contributed by atoms with Crippen LogP contribution in [0.3, 0.4) is 0 Å². The van der Waals surface area contributed by atoms with Crippen LogP contribution in [-0.2, 0) is 20.9 Å². The molecule has 2 N–H and O–H groups in total. The van der Waals surface area contributed by atoms with E-state index < -0.39 is 25.4 Å². The van der Waals surface area contributed by atoms with Crippen molar-refractivity contribution in [3.63, 3.8) is 0 Å². The number of carbonyl (C=O) groups is 2. The fraction of sp³-hybridized carbons (Fsp3) is 0.488. The van der Waals surface area contributed by atoms with E-state index in [1.165, 1.54) is 0 Å². The molecular weight excluding hydrogens is 751 g/mol. The van der Waals surface area contributed by atoms with Crippen molar-refractivity contribution in [3.8, 4) is 33.8 Å². The highest BCUT2D eigenvalue weighted by Gasteiger charge is 2.37. The largest absolute Gasteiger partial charge is 0.444 e. The fourth-order valence-electron chi connectivity index (χ4n) is 7.20. The highest BCUT2D eigenvalue weighted by molar-refractivity contribution is 6.76. The molecule has 1 aromatic carbocycles. The number of carbonyl (C=O) groups excluding carboxylic acids is 2. The fourth-order valence-corrected chi connectivity index (χ4v) is 7.96. The Morgan fingerprint density at radius 3 is 2.24 bits per heavy atom. The lowest BCUT2D eigenvalue weighted by atomic mass is 10.1. The second-order valence-electron chi connectivity index (χ2n) is 18.4. The van der Waals surface area contributed by atoms with Crippen molar-refractivity contribution in [2.24, 2.45) is 0 Å². The van der Waals surface area contributed by atoms with Crippen molar-refractivity contribution in [2.45, 2.75) is 110 Å². The topological polar surface area (TPSA) is 153 Å². The van der Waals surface area contributed by atoms with Crippen molar-refractivity contribution in [3.05, 3.63) is 72.8 Å². The maximum Gasteiger partial charge on any atom is 0.411 e. The summed E-state index contributed by atoms with van der Waals surface area (Å²) in [5.41, 5.74) is 4.90. The molecule has 0 unspecified atom stereocenters. The second-order valence-corrected chi connectivity index (χ2v) is 24.0. The third-order valence-corrected chi connectivity index (χ3v) is 11.8. The second kappa shape index (κ2) is 16.3. The normalized spacial score (nSPS) is 17.7. The first-order chi connectivity index (χ1) is 27.4. The standard InChI is InChI=1S/C43H57N9O5Si/c1-42(2,3)56-40(53)50-17-10-11-35(50)37-47-25-34(49-37)30-14-15-32(45-23-30)29-13-12-28-21-31(24-46-33(28)22-29)36-26-48-39(52(36)27-55-19-20-58(7,8)9)38-44-16-18-51(38)41(54)57-43(4,5)6/h12-15,21-26,35,38,44H,10-11,16-20,27H2,1-9H3,(H,47,49)/t35-,38+/m0/s1. The number of rotatable bonds is 10. The molecule has 0 spiro atoms. The monoisotopic (exact) mass is 807 g/mol. The van der Waals surface area contributed by atoms with Crippen LogP contribution >= 0.6 is 0 Å². The molecule has 2 atom stereocenters. The molecule has 5 aromatic rings. The highest BCUT2D eigenvalue weighted by atomic mass is 28.3. The number of H-pyrrole nitrogens is 1. The number of nitrogens with zero attached hydrogens (tertiary/aromatic N) is 7. The van der Waals surface area contributed by atoms with Gasteiger partial charge in [0.25, 0.3) is 0 Å². The van der Waals surface area contributed by atoms with Gasteiger partial charge in [0, 0.05) is 68.8 Å². The van der Waals surface area contributed by atoms with Gasteiger partial charge in [-0.2, -0.15) is 0 Å². The molecule has 2 amide bonds. The zero-order chi connectivity index (χ0) is 41.4. The summed E-state index contributed by atoms with van der Waals surface area (Å²) in [5.74, 6) is 1.43. The summed E-state index contributed by atoms with van der Waals surface area (Å²) >= 11 is 0. The van der Waals surface area contributed by atoms with E-state index in [0.717, 1.165) is 69.4 Å². The van der Waals surface area contributed by atoms with E-state index in [9.17, 15) is 9.59 Å². The molecule has 2 saturated heterocycles. The van der Waals surface area contributed by atoms with E-state index in [2.05, 4.69) is 53.1 Å². The van der Waals surface area contributed by atoms with Crippen LogP contribution in [-0.4, -0.2) is 97.0 Å². The van der Waals surface area contributed by atoms with E-state index in [0.29, 0.717) is 38.8 Å². The Morgan fingerprint density at radius 1 is 0.810 bits per heavy atom. The van der Waals surface area contributed by atoms with Crippen LogP contribution in [0.1, 0.15) is 78.2 Å². The van der Waals surface area contributed by atoms with E-state index in [1.54, 1.807) is 16.0 Å². The minimum Gasteiger partial charge on any atom is -0.444 e. The number of benzene rings is 1. The Labute approximate surface area is 341 Å². The van der Waals surface area contributed by atoms with Crippen molar-refractivity contribution in [2.75, 3.05) is 26.2 Å². The van der Waals surface area contributed by atoms with Crippen molar-refractivity contribution < 1.29 is 23.8 Å². The van der Waals surface area contributed by atoms with Gasteiger partial charge in [-0.05, 0) is 84.7 Å². The van der Waals surface area contributed by atoms with Gasteiger partial charge in [0.05, 0.1) is 41.0 Å². The first kappa shape index (κ1) is 41.1. The SMILES string of the molecule is CC(C)(C)OC(=O)N1CCC[C@H]1c1ncc(-c2ccc(-c3ccc4cc(-c5cnc([C@@H]6NCCN6C(=O)OC(C)(C)C)n5COCC[Si](C)(C)C)cnc4c3)nc2)[nH]1. The highest BCUT2D eigenvalue weighted by Crippen LogP contribution is 2.34. The Hall–Kier alpha value is -5.12. The number of hydrogen-bond acceptors (Lipinski definition) is 10. The predicted molar refractivity (Wildman–Crippen MR) is 226 cm³/mol. The summed E-state index contributed by atoms with van der Waals surface area (Å²) in [4.78, 5) is 52.2. The van der Waals surface area contributed by atoms with Crippen LogP contribution in [0.4, 0.5) is 9.59 Å². The third kappa shape index (κ3) is 9.59. The van der Waals surface area contributed by atoms with Crippen LogP contribution < -0.4 is 5.32 Å². The molecule has 0 saturated carbocycles. The predicted octanol–water partition coefficient (Wildman–Crippen LogP) is 8.77. The van der Waals surface area contributed by atoms with E-state index >= 15 is 0 Å². The average Bonchev–Trinajstić information content (AvgIpc) is 3.98. The minimum atomic E-state index is -1.30. The van der Waals surface area contributed by atoms with Crippen LogP contribution in [0, 0.1) is 0 Å². The first-order valence-electron chi connectivity index (χ1n) is 20.2. The van der Waals surface area contributed by atoms with Crippen LogP contribution in [0.5, 0.6) is 0 Å². The lowest BCUT2D eigenvalue weighted by molar-refractivity contribution is 0.0190. The number of ether oxygens (including phenoxy) is 3. The molecule has 14 nitrogen and oxygen atoms in total. The summed E-state index contributed by atoms with van der Waals surface area (Å²) < 4.78 is 19.7. The molecular formula is C43H57N9O5Si. The number of amides is 2. The Bertz CT molecular complexity index is 2250. The minimum absolute atomic E-state index is 0.156. The molecule has 15 heteroatoms. The number of likely N-dealkylation sites (tertiary alicyclic amines) is 1. The van der Waals surface area contributed by atoms with Gasteiger partial charge in [0.2, 0.25) is 0 Å². The number of pyridine rings is 2. The molecule has 2 fully saturated rings. The molecule has 308 valence electrons. The number of imidazole rings is 2. The van der Waals surface area contributed by atoms with Gasteiger partial charge in [-0.25, -0.2) is 19.6 Å². The number of aromatic nitrogens is 6. The third-order valence-electron chi connectivity index (χ3n) is 10.1. The Morgan fingerprint density at radius 2 is 1.53 bits per heavy atom. The van der Waals surface area contributed by atoms with Gasteiger partial charge >= 0.3 is 12.2 Å². The molecule has 6 heterocycles. The molecule has 2 aliphatic heterocycles. The number of hydrogen-bond donors (Lipinski definition) is 2. The number of aromatic amines is 1. The van der Waals surface area contributed by atoms with E-state index in [1.807, 2.05) is 82.9 Å². The molecule has 2 aliphatic rings. The van der Waals surface area contributed by atoms with Gasteiger partial charge in [0.1, 0.15) is 35.7 Å². The molecule has 58 heavy (non-hydrogen) atoms. The lowest BCUT2D eigenvalue weighted by Crippen LogP contribution is -2.39. The number of fused-ring (bicyclic) bond motifs is 1. The van der Waals surface area contributed by atoms with E-state index in [-0.39, 0.29) is 18.2 Å². The smallest absolute Gasteiger partial charge is 0.411 e. The van der Waals surface area contributed by atoms with Crippen molar-refractivity contribution >= 4 is 31.2 Å². The van der Waals surface area contributed by atoms with Gasteiger partial charge in [0.15, 0.2) is 0 Å². The van der Waals surface area contributed by atoms with Gasteiger partial charge in [-0.15, -0.1) is 0 Å². The Kier molecular flexibility index (Phi) is 11.5. The summed E-state index contributed by atoms with van der Waals surface area (Å²) in [6.45, 7) is 21.0. The van der Waals surface area contributed by atoms with Gasteiger partial charge < -0.3 is 23.8 Å². The van der Waals surface area contributed by atoms with Crippen LogP contribution in [0.2, 0.25) is 25.7 Å². The molecule has 0 aliphatic carbocycles. The number of nitrogens with one attached hydrogen (secondary N) is 2. The van der Waals surface area contributed by atoms with Gasteiger partial charge in [-0.1, -0.05) is 31.8 Å². The Balaban J connectivity index is 1.10. The quantitative estimate of drug-likeness (QED) is 0.103. The van der Waals surface area contributed by atoms with E-state index in [4.69, 9.17) is 29.2 Å². The molecule has 0 radical (unpaired) electrons. The zero-order valence-electron chi connectivity index (χ0n) is 35.3. The van der Waals surface area contributed by atoms with Crippen LogP contribution in [0.25, 0.3) is 44.7 Å². The van der Waals surface area contributed by atoms with Crippen molar-refractivity contribution in [1.82, 2.24) is 44.6 Å². The summed E-state index contributed by atoms with van der Waals surface area (Å²) in [7, 11) is -1.30. The van der Waals surface area contributed by atoms with Crippen molar-refractivity contribution in [1.29, 1.82) is 0 Å². The zero-order valence-corrected chi connectivity index (χ0v) is 36.3. The maximum absolute atomic E-state index is 13.2. The average molecular weight is 808 g/mol. The summed E-state index contributed by atoms with van der Waals surface area (Å²) in [5, 5.41) is 4.42. The molecule has 0 bridgehead atoms. The first-order valence-corrected chi connectivity index (χ1v) is 23.9. The van der Waals surface area contributed by atoms with Crippen LogP contribution in [0.15, 0.2) is 61.2 Å². The molecule has 7 rings (SSSR count). The maximum atomic E-state index is 13.2.